The average molecular weight is 325 g/mol. The van der Waals surface area contributed by atoms with E-state index in [-0.39, 0.29) is 27.4 Å². The summed E-state index contributed by atoms with van der Waals surface area (Å²) in [6.07, 6.45) is 0.153. The van der Waals surface area contributed by atoms with Gasteiger partial charge in [0.05, 0.1) is 4.92 Å². The molecule has 0 N–H and O–H groups in total. The van der Waals surface area contributed by atoms with Crippen LogP contribution in [0.2, 0.25) is 4.34 Å². The zero-order valence-corrected chi connectivity index (χ0v) is 12.1. The van der Waals surface area contributed by atoms with Crippen molar-refractivity contribution in [3.8, 4) is 0 Å². The van der Waals surface area contributed by atoms with E-state index < -0.39 is 26.5 Å². The van der Waals surface area contributed by atoms with Crippen molar-refractivity contribution in [1.82, 2.24) is 4.31 Å². The van der Waals surface area contributed by atoms with Gasteiger partial charge in [0.1, 0.15) is 4.21 Å². The second-order valence-electron chi connectivity index (χ2n) is 4.22. The molecule has 0 aliphatic carbocycles. The molecule has 1 aliphatic rings. The highest BCUT2D eigenvalue weighted by atomic mass is 35.5. The maximum Gasteiger partial charge on any atom is 0.300 e. The van der Waals surface area contributed by atoms with Crippen molar-refractivity contribution in [3.05, 3.63) is 20.5 Å². The molecule has 0 aromatic carbocycles. The number of nitrogens with zero attached hydrogens (tertiary/aromatic N) is 2. The standard InChI is InChI=1S/C9H9ClN2O5S2/c1-5-2-7(13)11(4-5)19(16,17)8-3-6(12(14)15)9(10)18-8/h3,5H,2,4H2,1H3. The number of amides is 1. The monoisotopic (exact) mass is 324 g/mol. The van der Waals surface area contributed by atoms with E-state index in [4.69, 9.17) is 11.6 Å². The molecule has 19 heavy (non-hydrogen) atoms. The molecule has 1 unspecified atom stereocenters. The molecule has 0 spiro atoms. The fraction of sp³-hybridized carbons (Fsp3) is 0.444. The Labute approximate surface area is 118 Å². The van der Waals surface area contributed by atoms with Crippen molar-refractivity contribution < 1.29 is 18.1 Å². The molecule has 104 valence electrons. The molecule has 1 amide bonds. The van der Waals surface area contributed by atoms with Gasteiger partial charge in [0.25, 0.3) is 15.7 Å². The summed E-state index contributed by atoms with van der Waals surface area (Å²) < 4.78 is 24.7. The smallest absolute Gasteiger partial charge is 0.274 e. The molecule has 2 heterocycles. The van der Waals surface area contributed by atoms with Gasteiger partial charge in [-0.05, 0) is 5.92 Å². The van der Waals surface area contributed by atoms with Crippen LogP contribution in [0.5, 0.6) is 0 Å². The number of hydrogen-bond acceptors (Lipinski definition) is 6. The van der Waals surface area contributed by atoms with Gasteiger partial charge in [-0.25, -0.2) is 12.7 Å². The zero-order chi connectivity index (χ0) is 14.4. The summed E-state index contributed by atoms with van der Waals surface area (Å²) in [6, 6.07) is 0.888. The topological polar surface area (TPSA) is 97.6 Å². The molecule has 0 bridgehead atoms. The Hall–Kier alpha value is -1.19. The van der Waals surface area contributed by atoms with Crippen molar-refractivity contribution in [3.63, 3.8) is 0 Å². The molecule has 10 heteroatoms. The average Bonchev–Trinajstić information content (AvgIpc) is 2.82. The van der Waals surface area contributed by atoms with Crippen LogP contribution in [-0.4, -0.2) is 30.1 Å². The Morgan fingerprint density at radius 2 is 2.21 bits per heavy atom. The second kappa shape index (κ2) is 4.73. The van der Waals surface area contributed by atoms with Crippen molar-refractivity contribution in [2.24, 2.45) is 5.92 Å². The van der Waals surface area contributed by atoms with E-state index in [1.54, 1.807) is 6.92 Å². The minimum Gasteiger partial charge on any atom is -0.274 e. The second-order valence-corrected chi connectivity index (χ2v) is 7.96. The fourth-order valence-electron chi connectivity index (χ4n) is 1.78. The Morgan fingerprint density at radius 3 is 2.63 bits per heavy atom. The summed E-state index contributed by atoms with van der Waals surface area (Å²) in [5.41, 5.74) is -0.468. The van der Waals surface area contributed by atoms with Gasteiger partial charge in [-0.15, -0.1) is 11.3 Å². The van der Waals surface area contributed by atoms with Crippen LogP contribution in [0.25, 0.3) is 0 Å². The van der Waals surface area contributed by atoms with Crippen molar-refractivity contribution in [2.45, 2.75) is 17.6 Å². The number of sulfonamides is 1. The Morgan fingerprint density at radius 1 is 1.58 bits per heavy atom. The highest BCUT2D eigenvalue weighted by Crippen LogP contribution is 2.38. The molecular weight excluding hydrogens is 316 g/mol. The Bertz CT molecular complexity index is 654. The van der Waals surface area contributed by atoms with Crippen LogP contribution >= 0.6 is 22.9 Å². The first-order valence-corrected chi connectivity index (χ1v) is 7.86. The lowest BCUT2D eigenvalue weighted by Crippen LogP contribution is -2.31. The molecule has 2 rings (SSSR count). The first-order chi connectivity index (χ1) is 8.73. The molecule has 1 aliphatic heterocycles. The molecule has 1 atom stereocenters. The number of thiophene rings is 1. The van der Waals surface area contributed by atoms with Gasteiger partial charge in [-0.3, -0.25) is 14.9 Å². The number of hydrogen-bond donors (Lipinski definition) is 0. The normalized spacial score (nSPS) is 20.0. The lowest BCUT2D eigenvalue weighted by atomic mass is 10.2. The number of halogens is 1. The van der Waals surface area contributed by atoms with E-state index in [9.17, 15) is 23.3 Å². The maximum absolute atomic E-state index is 12.2. The number of rotatable bonds is 3. The summed E-state index contributed by atoms with van der Waals surface area (Å²) in [6.45, 7) is 1.85. The van der Waals surface area contributed by atoms with E-state index in [1.165, 1.54) is 0 Å². The molecule has 0 radical (unpaired) electrons. The summed E-state index contributed by atoms with van der Waals surface area (Å²) in [4.78, 5) is 21.5. The highest BCUT2D eigenvalue weighted by molar-refractivity contribution is 7.91. The van der Waals surface area contributed by atoms with Gasteiger partial charge < -0.3 is 0 Å². The predicted octanol–water partition coefficient (Wildman–Crippen LogP) is 1.87. The van der Waals surface area contributed by atoms with Gasteiger partial charge in [0.2, 0.25) is 5.91 Å². The first kappa shape index (κ1) is 14.2. The highest BCUT2D eigenvalue weighted by Gasteiger charge is 2.38. The van der Waals surface area contributed by atoms with E-state index in [1.807, 2.05) is 0 Å². The SMILES string of the molecule is CC1CC(=O)N(S(=O)(=O)c2cc([N+](=O)[O-])c(Cl)s2)C1. The molecule has 0 saturated carbocycles. The lowest BCUT2D eigenvalue weighted by Gasteiger charge is -2.14. The van der Waals surface area contributed by atoms with Crippen LogP contribution in [0.4, 0.5) is 5.69 Å². The third-order valence-electron chi connectivity index (χ3n) is 2.67. The van der Waals surface area contributed by atoms with E-state index in [0.717, 1.165) is 10.4 Å². The molecular formula is C9H9ClN2O5S2. The van der Waals surface area contributed by atoms with Gasteiger partial charge in [-0.1, -0.05) is 18.5 Å². The maximum atomic E-state index is 12.2. The number of nitro groups is 1. The van der Waals surface area contributed by atoms with Crippen molar-refractivity contribution in [2.75, 3.05) is 6.54 Å². The van der Waals surface area contributed by atoms with Gasteiger partial charge >= 0.3 is 0 Å². The van der Waals surface area contributed by atoms with Gasteiger partial charge in [-0.2, -0.15) is 0 Å². The van der Waals surface area contributed by atoms with Crippen LogP contribution in [0, 0.1) is 16.0 Å². The lowest BCUT2D eigenvalue weighted by molar-refractivity contribution is -0.384. The Kier molecular flexibility index (Phi) is 3.54. The van der Waals surface area contributed by atoms with Gasteiger partial charge in [0, 0.05) is 19.0 Å². The molecule has 1 fully saturated rings. The molecule has 7 nitrogen and oxygen atoms in total. The van der Waals surface area contributed by atoms with Crippen LogP contribution in [-0.2, 0) is 14.8 Å². The number of carbonyl (C=O) groups is 1. The van der Waals surface area contributed by atoms with Crippen LogP contribution < -0.4 is 0 Å². The first-order valence-electron chi connectivity index (χ1n) is 5.22. The minimum atomic E-state index is -4.04. The summed E-state index contributed by atoms with van der Waals surface area (Å²) in [7, 11) is -4.04. The quantitative estimate of drug-likeness (QED) is 0.624. The fourth-order valence-corrected chi connectivity index (χ4v) is 5.09. The van der Waals surface area contributed by atoms with E-state index >= 15 is 0 Å². The van der Waals surface area contributed by atoms with Crippen molar-refractivity contribution >= 4 is 44.6 Å². The third-order valence-corrected chi connectivity index (χ3v) is 6.24. The van der Waals surface area contributed by atoms with E-state index in [2.05, 4.69) is 0 Å². The summed E-state index contributed by atoms with van der Waals surface area (Å²) >= 11 is 6.21. The molecule has 1 aromatic rings. The van der Waals surface area contributed by atoms with Crippen LogP contribution in [0.1, 0.15) is 13.3 Å². The zero-order valence-electron chi connectivity index (χ0n) is 9.70. The van der Waals surface area contributed by atoms with Crippen LogP contribution in [0.15, 0.2) is 10.3 Å². The van der Waals surface area contributed by atoms with Crippen LogP contribution in [0.3, 0.4) is 0 Å². The summed E-state index contributed by atoms with van der Waals surface area (Å²) in [5.74, 6) is -0.563. The third kappa shape index (κ3) is 2.45. The number of carbonyl (C=O) groups excluding carboxylic acids is 1. The predicted molar refractivity (Wildman–Crippen MR) is 68.7 cm³/mol. The molecule has 1 aromatic heterocycles. The van der Waals surface area contributed by atoms with E-state index in [0.29, 0.717) is 11.3 Å². The molecule has 1 saturated heterocycles. The minimum absolute atomic E-state index is 0.0623. The Balaban J connectivity index is 2.43. The largest absolute Gasteiger partial charge is 0.300 e. The summed E-state index contributed by atoms with van der Waals surface area (Å²) in [5, 5.41) is 10.7. The van der Waals surface area contributed by atoms with Crippen molar-refractivity contribution in [1.29, 1.82) is 0 Å². The van der Waals surface area contributed by atoms with Gasteiger partial charge in [0.15, 0.2) is 4.34 Å².